The molecule has 2 aromatic rings. The SMILES string of the molecule is CNC(=O)[C@@H](C)N(Cc1ccc(Cl)c(Cl)c1)C(=O)CCc1ccc(OC)c(OC)c1. The topological polar surface area (TPSA) is 67.9 Å². The first-order valence-corrected chi connectivity index (χ1v) is 10.2. The van der Waals surface area contributed by atoms with Crippen LogP contribution in [0.25, 0.3) is 0 Å². The third kappa shape index (κ3) is 6.03. The second kappa shape index (κ2) is 11.1. The predicted octanol–water partition coefficient (Wildman–Crippen LogP) is 4.11. The number of nitrogens with one attached hydrogen (secondary N) is 1. The summed E-state index contributed by atoms with van der Waals surface area (Å²) >= 11 is 12.1. The van der Waals surface area contributed by atoms with Crippen LogP contribution in [0.5, 0.6) is 11.5 Å². The Balaban J connectivity index is 2.17. The lowest BCUT2D eigenvalue weighted by Crippen LogP contribution is -2.46. The third-order valence-corrected chi connectivity index (χ3v) is 5.57. The monoisotopic (exact) mass is 452 g/mol. The molecule has 0 aliphatic rings. The Hall–Kier alpha value is -2.44. The van der Waals surface area contributed by atoms with Gasteiger partial charge in [0, 0.05) is 20.0 Å². The maximum atomic E-state index is 13.0. The lowest BCUT2D eigenvalue weighted by molar-refractivity contribution is -0.140. The maximum Gasteiger partial charge on any atom is 0.242 e. The number of hydrogen-bond donors (Lipinski definition) is 1. The number of ether oxygens (including phenoxy) is 2. The van der Waals surface area contributed by atoms with E-state index in [0.717, 1.165) is 11.1 Å². The van der Waals surface area contributed by atoms with Gasteiger partial charge in [-0.25, -0.2) is 0 Å². The van der Waals surface area contributed by atoms with Crippen LogP contribution < -0.4 is 14.8 Å². The first kappa shape index (κ1) is 23.8. The molecule has 0 saturated heterocycles. The number of methoxy groups -OCH3 is 2. The molecule has 2 rings (SSSR count). The largest absolute Gasteiger partial charge is 0.493 e. The molecule has 1 N–H and O–H groups in total. The number of rotatable bonds is 9. The van der Waals surface area contributed by atoms with Crippen molar-refractivity contribution in [2.24, 2.45) is 0 Å². The summed E-state index contributed by atoms with van der Waals surface area (Å²) in [6.07, 6.45) is 0.732. The van der Waals surface area contributed by atoms with Crippen LogP contribution in [0.4, 0.5) is 0 Å². The van der Waals surface area contributed by atoms with E-state index >= 15 is 0 Å². The van der Waals surface area contributed by atoms with E-state index in [0.29, 0.717) is 28.0 Å². The molecule has 0 spiro atoms. The molecule has 0 unspecified atom stereocenters. The average Bonchev–Trinajstić information content (AvgIpc) is 2.76. The smallest absolute Gasteiger partial charge is 0.242 e. The minimum Gasteiger partial charge on any atom is -0.493 e. The van der Waals surface area contributed by atoms with E-state index < -0.39 is 6.04 Å². The Labute approximate surface area is 187 Å². The van der Waals surface area contributed by atoms with Crippen molar-refractivity contribution in [3.8, 4) is 11.5 Å². The fourth-order valence-corrected chi connectivity index (χ4v) is 3.38. The molecule has 0 aliphatic carbocycles. The zero-order valence-electron chi connectivity index (χ0n) is 17.5. The van der Waals surface area contributed by atoms with Crippen LogP contribution in [0.1, 0.15) is 24.5 Å². The van der Waals surface area contributed by atoms with Crippen molar-refractivity contribution in [2.75, 3.05) is 21.3 Å². The van der Waals surface area contributed by atoms with Gasteiger partial charge in [0.1, 0.15) is 6.04 Å². The summed E-state index contributed by atoms with van der Waals surface area (Å²) in [6.45, 7) is 1.95. The van der Waals surface area contributed by atoms with Crippen molar-refractivity contribution in [1.29, 1.82) is 0 Å². The van der Waals surface area contributed by atoms with Gasteiger partial charge in [-0.1, -0.05) is 35.3 Å². The van der Waals surface area contributed by atoms with Gasteiger partial charge in [0.15, 0.2) is 11.5 Å². The Morgan fingerprint density at radius 2 is 1.67 bits per heavy atom. The summed E-state index contributed by atoms with van der Waals surface area (Å²) in [7, 11) is 4.68. The Bertz CT molecular complexity index is 905. The molecule has 0 heterocycles. The normalized spacial score (nSPS) is 11.5. The zero-order chi connectivity index (χ0) is 22.3. The highest BCUT2D eigenvalue weighted by Crippen LogP contribution is 2.28. The molecule has 6 nitrogen and oxygen atoms in total. The minimum atomic E-state index is -0.637. The summed E-state index contributed by atoms with van der Waals surface area (Å²) < 4.78 is 10.6. The number of amides is 2. The van der Waals surface area contributed by atoms with Crippen molar-refractivity contribution in [1.82, 2.24) is 10.2 Å². The lowest BCUT2D eigenvalue weighted by atomic mass is 10.1. The van der Waals surface area contributed by atoms with Crippen LogP contribution in [-0.4, -0.2) is 44.0 Å². The van der Waals surface area contributed by atoms with Crippen molar-refractivity contribution >= 4 is 35.0 Å². The summed E-state index contributed by atoms with van der Waals surface area (Å²) in [5, 5.41) is 3.44. The van der Waals surface area contributed by atoms with Crippen LogP contribution in [0, 0.1) is 0 Å². The molecule has 0 radical (unpaired) electrons. The molecule has 0 fully saturated rings. The van der Waals surface area contributed by atoms with Crippen LogP contribution in [-0.2, 0) is 22.6 Å². The molecule has 8 heteroatoms. The van der Waals surface area contributed by atoms with E-state index in [1.807, 2.05) is 12.1 Å². The minimum absolute atomic E-state index is 0.146. The van der Waals surface area contributed by atoms with E-state index in [1.54, 1.807) is 57.4 Å². The van der Waals surface area contributed by atoms with Crippen LogP contribution in [0.15, 0.2) is 36.4 Å². The Kier molecular flexibility index (Phi) is 8.81. The summed E-state index contributed by atoms with van der Waals surface area (Å²) in [5.74, 6) is 0.845. The number of halogens is 2. The second-order valence-corrected chi connectivity index (χ2v) is 7.56. The predicted molar refractivity (Wildman–Crippen MR) is 118 cm³/mol. The molecular formula is C22H26Cl2N2O4. The molecule has 0 bridgehead atoms. The van der Waals surface area contributed by atoms with E-state index in [9.17, 15) is 9.59 Å². The number of carbonyl (C=O) groups excluding carboxylic acids is 2. The van der Waals surface area contributed by atoms with Gasteiger partial charge in [-0.05, 0) is 48.7 Å². The number of likely N-dealkylation sites (N-methyl/N-ethyl adjacent to an activating group) is 1. The van der Waals surface area contributed by atoms with Gasteiger partial charge in [-0.2, -0.15) is 0 Å². The van der Waals surface area contributed by atoms with Crippen molar-refractivity contribution in [3.05, 3.63) is 57.6 Å². The zero-order valence-corrected chi connectivity index (χ0v) is 19.0. The first-order valence-electron chi connectivity index (χ1n) is 9.46. The molecule has 1 atom stereocenters. The Morgan fingerprint density at radius 3 is 2.27 bits per heavy atom. The van der Waals surface area contributed by atoms with Crippen LogP contribution >= 0.6 is 23.2 Å². The van der Waals surface area contributed by atoms with Crippen molar-refractivity contribution < 1.29 is 19.1 Å². The molecular weight excluding hydrogens is 427 g/mol. The number of carbonyl (C=O) groups is 2. The van der Waals surface area contributed by atoms with E-state index in [2.05, 4.69) is 5.32 Å². The molecule has 0 aromatic heterocycles. The fraction of sp³-hybridized carbons (Fsp3) is 0.364. The van der Waals surface area contributed by atoms with Gasteiger partial charge in [0.25, 0.3) is 0 Å². The Morgan fingerprint density at radius 1 is 1.00 bits per heavy atom. The quantitative estimate of drug-likeness (QED) is 0.621. The van der Waals surface area contributed by atoms with E-state index in [1.165, 1.54) is 0 Å². The molecule has 0 aliphatic heterocycles. The maximum absolute atomic E-state index is 13.0. The highest BCUT2D eigenvalue weighted by atomic mass is 35.5. The number of benzene rings is 2. The third-order valence-electron chi connectivity index (χ3n) is 4.83. The van der Waals surface area contributed by atoms with Gasteiger partial charge < -0.3 is 19.7 Å². The highest BCUT2D eigenvalue weighted by molar-refractivity contribution is 6.42. The van der Waals surface area contributed by atoms with Gasteiger partial charge in [0.05, 0.1) is 24.3 Å². The standard InChI is InChI=1S/C22H26Cl2N2O4/c1-14(22(28)25-2)26(13-16-5-8-17(23)18(24)11-16)21(27)10-7-15-6-9-19(29-3)20(12-15)30-4/h5-6,8-9,11-12,14H,7,10,13H2,1-4H3,(H,25,28)/t14-/m1/s1. The fourth-order valence-electron chi connectivity index (χ4n) is 3.06. The molecule has 162 valence electrons. The molecule has 0 saturated carbocycles. The molecule has 2 aromatic carbocycles. The highest BCUT2D eigenvalue weighted by Gasteiger charge is 2.25. The number of nitrogens with zero attached hydrogens (tertiary/aromatic N) is 1. The van der Waals surface area contributed by atoms with Gasteiger partial charge >= 0.3 is 0 Å². The molecule has 30 heavy (non-hydrogen) atoms. The van der Waals surface area contributed by atoms with Crippen molar-refractivity contribution in [3.63, 3.8) is 0 Å². The summed E-state index contributed by atoms with van der Waals surface area (Å²) in [6, 6.07) is 10.1. The van der Waals surface area contributed by atoms with Gasteiger partial charge in [0.2, 0.25) is 11.8 Å². The van der Waals surface area contributed by atoms with Gasteiger partial charge in [-0.15, -0.1) is 0 Å². The van der Waals surface area contributed by atoms with E-state index in [-0.39, 0.29) is 24.8 Å². The van der Waals surface area contributed by atoms with Gasteiger partial charge in [-0.3, -0.25) is 9.59 Å². The first-order chi connectivity index (χ1) is 14.3. The lowest BCUT2D eigenvalue weighted by Gasteiger charge is -2.28. The average molecular weight is 453 g/mol. The number of hydrogen-bond acceptors (Lipinski definition) is 4. The molecule has 2 amide bonds. The number of aryl methyl sites for hydroxylation is 1. The summed E-state index contributed by atoms with van der Waals surface area (Å²) in [4.78, 5) is 26.8. The van der Waals surface area contributed by atoms with Crippen molar-refractivity contribution in [2.45, 2.75) is 32.4 Å². The van der Waals surface area contributed by atoms with E-state index in [4.69, 9.17) is 32.7 Å². The van der Waals surface area contributed by atoms with Crippen LogP contribution in [0.3, 0.4) is 0 Å². The second-order valence-electron chi connectivity index (χ2n) is 6.75. The summed E-state index contributed by atoms with van der Waals surface area (Å²) in [5.41, 5.74) is 1.72. The van der Waals surface area contributed by atoms with Crippen LogP contribution in [0.2, 0.25) is 10.0 Å².